The highest BCUT2D eigenvalue weighted by Gasteiger charge is 2.13. The van der Waals surface area contributed by atoms with Crippen LogP contribution in [-0.4, -0.2) is 24.5 Å². The molecule has 6 heteroatoms. The Bertz CT molecular complexity index is 831. The minimum Gasteiger partial charge on any atom is -0.493 e. The number of aryl methyl sites for hydroxylation is 1. The third-order valence-electron chi connectivity index (χ3n) is 5.02. The first-order chi connectivity index (χ1) is 14.1. The number of benzene rings is 2. The zero-order valence-corrected chi connectivity index (χ0v) is 17.9. The fourth-order valence-electron chi connectivity index (χ4n) is 3.36. The third kappa shape index (κ3) is 6.75. The third-order valence-corrected chi connectivity index (χ3v) is 5.23. The molecule has 1 aliphatic carbocycles. The van der Waals surface area contributed by atoms with Crippen LogP contribution in [0, 0.1) is 6.92 Å². The van der Waals surface area contributed by atoms with Crippen LogP contribution in [0.1, 0.15) is 48.8 Å². The number of hydrazone groups is 1. The predicted molar refractivity (Wildman–Crippen MR) is 122 cm³/mol. The number of thiocarbonyl (C=S) groups is 1. The first-order valence-electron chi connectivity index (χ1n) is 10.1. The van der Waals surface area contributed by atoms with Crippen LogP contribution in [-0.2, 0) is 6.61 Å². The molecule has 0 heterocycles. The van der Waals surface area contributed by atoms with Gasteiger partial charge in [-0.1, -0.05) is 49.1 Å². The van der Waals surface area contributed by atoms with Crippen molar-refractivity contribution in [3.63, 3.8) is 0 Å². The summed E-state index contributed by atoms with van der Waals surface area (Å²) in [7, 11) is 1.64. The van der Waals surface area contributed by atoms with Crippen molar-refractivity contribution in [2.45, 2.75) is 51.7 Å². The molecule has 1 aliphatic rings. The molecule has 1 saturated carbocycles. The Hall–Kier alpha value is -2.60. The molecule has 0 spiro atoms. The van der Waals surface area contributed by atoms with E-state index in [1.807, 2.05) is 18.2 Å². The van der Waals surface area contributed by atoms with Gasteiger partial charge in [-0.15, -0.1) is 0 Å². The van der Waals surface area contributed by atoms with E-state index in [0.29, 0.717) is 29.3 Å². The molecule has 2 N–H and O–H groups in total. The Kier molecular flexibility index (Phi) is 7.87. The van der Waals surface area contributed by atoms with Crippen molar-refractivity contribution in [3.8, 4) is 11.5 Å². The maximum Gasteiger partial charge on any atom is 0.187 e. The fourth-order valence-corrected chi connectivity index (χ4v) is 3.58. The maximum absolute atomic E-state index is 5.92. The monoisotopic (exact) mass is 411 g/mol. The van der Waals surface area contributed by atoms with Crippen LogP contribution in [0.25, 0.3) is 0 Å². The lowest BCUT2D eigenvalue weighted by Crippen LogP contribution is -2.40. The normalized spacial score (nSPS) is 14.6. The summed E-state index contributed by atoms with van der Waals surface area (Å²) in [5, 5.41) is 8.14. The molecule has 0 amide bonds. The Morgan fingerprint density at radius 1 is 1.10 bits per heavy atom. The Labute approximate surface area is 178 Å². The van der Waals surface area contributed by atoms with E-state index >= 15 is 0 Å². The van der Waals surface area contributed by atoms with Crippen LogP contribution >= 0.6 is 12.2 Å². The summed E-state index contributed by atoms with van der Waals surface area (Å²) < 4.78 is 11.4. The number of rotatable bonds is 7. The first-order valence-corrected chi connectivity index (χ1v) is 10.5. The molecule has 29 heavy (non-hydrogen) atoms. The van der Waals surface area contributed by atoms with Gasteiger partial charge in [0, 0.05) is 6.04 Å². The average Bonchev–Trinajstić information content (AvgIpc) is 2.74. The minimum absolute atomic E-state index is 0.462. The number of nitrogens with zero attached hydrogens (tertiary/aromatic N) is 1. The van der Waals surface area contributed by atoms with E-state index in [-0.39, 0.29) is 0 Å². The minimum atomic E-state index is 0.462. The second kappa shape index (κ2) is 10.8. The average molecular weight is 412 g/mol. The van der Waals surface area contributed by atoms with Crippen molar-refractivity contribution >= 4 is 23.5 Å². The van der Waals surface area contributed by atoms with E-state index in [1.54, 1.807) is 13.3 Å². The number of methoxy groups -OCH3 is 1. The van der Waals surface area contributed by atoms with Gasteiger partial charge in [-0.25, -0.2) is 0 Å². The summed E-state index contributed by atoms with van der Waals surface area (Å²) in [6, 6.07) is 14.5. The first kappa shape index (κ1) is 21.1. The van der Waals surface area contributed by atoms with Crippen molar-refractivity contribution in [1.82, 2.24) is 10.7 Å². The number of hydrogen-bond acceptors (Lipinski definition) is 4. The predicted octanol–water partition coefficient (Wildman–Crippen LogP) is 4.71. The second-order valence-corrected chi connectivity index (χ2v) is 7.77. The van der Waals surface area contributed by atoms with Gasteiger partial charge in [0.05, 0.1) is 13.3 Å². The van der Waals surface area contributed by atoms with E-state index in [9.17, 15) is 0 Å². The van der Waals surface area contributed by atoms with Crippen molar-refractivity contribution in [1.29, 1.82) is 0 Å². The van der Waals surface area contributed by atoms with Crippen LogP contribution in [0.4, 0.5) is 0 Å². The summed E-state index contributed by atoms with van der Waals surface area (Å²) >= 11 is 5.33. The van der Waals surface area contributed by atoms with Crippen molar-refractivity contribution in [2.24, 2.45) is 5.10 Å². The number of ether oxygens (including phenoxy) is 2. The van der Waals surface area contributed by atoms with Gasteiger partial charge >= 0.3 is 0 Å². The Morgan fingerprint density at radius 2 is 1.86 bits per heavy atom. The number of hydrogen-bond donors (Lipinski definition) is 2. The highest BCUT2D eigenvalue weighted by atomic mass is 32.1. The molecule has 0 aliphatic heterocycles. The maximum atomic E-state index is 5.92. The molecule has 1 fully saturated rings. The molecule has 0 atom stereocenters. The van der Waals surface area contributed by atoms with Gasteiger partial charge in [0.2, 0.25) is 0 Å². The molecule has 3 rings (SSSR count). The zero-order valence-electron chi connectivity index (χ0n) is 17.1. The van der Waals surface area contributed by atoms with E-state index in [1.165, 1.54) is 37.7 Å². The molecule has 154 valence electrons. The van der Waals surface area contributed by atoms with Gasteiger partial charge in [0.15, 0.2) is 16.6 Å². The smallest absolute Gasteiger partial charge is 0.187 e. The molecule has 2 aromatic carbocycles. The van der Waals surface area contributed by atoms with E-state index in [2.05, 4.69) is 47.0 Å². The lowest BCUT2D eigenvalue weighted by atomic mass is 9.96. The largest absolute Gasteiger partial charge is 0.493 e. The summed E-state index contributed by atoms with van der Waals surface area (Å²) in [6.07, 6.45) is 7.92. The van der Waals surface area contributed by atoms with E-state index in [4.69, 9.17) is 21.7 Å². The van der Waals surface area contributed by atoms with Crippen molar-refractivity contribution in [3.05, 3.63) is 59.2 Å². The van der Waals surface area contributed by atoms with Crippen molar-refractivity contribution in [2.75, 3.05) is 7.11 Å². The Morgan fingerprint density at radius 3 is 2.59 bits per heavy atom. The van der Waals surface area contributed by atoms with Gasteiger partial charge in [-0.3, -0.25) is 5.43 Å². The van der Waals surface area contributed by atoms with Crippen LogP contribution in [0.5, 0.6) is 11.5 Å². The van der Waals surface area contributed by atoms with Gasteiger partial charge in [-0.2, -0.15) is 5.10 Å². The van der Waals surface area contributed by atoms with Gasteiger partial charge < -0.3 is 14.8 Å². The summed E-state index contributed by atoms with van der Waals surface area (Å²) in [4.78, 5) is 0. The van der Waals surface area contributed by atoms with Crippen LogP contribution < -0.4 is 20.2 Å². The molecule has 0 unspecified atom stereocenters. The molecule has 0 aromatic heterocycles. The standard InChI is InChI=1S/C23H29N3O2S/c1-17-8-10-18(11-9-17)16-28-21-13-12-19(14-22(21)27-2)15-24-26-23(29)25-20-6-4-3-5-7-20/h8-15,20H,3-7,16H2,1-2H3,(H2,25,26,29)/b24-15-. The molecule has 2 aromatic rings. The summed E-state index contributed by atoms with van der Waals surface area (Å²) in [6.45, 7) is 2.56. The van der Waals surface area contributed by atoms with Gasteiger partial charge in [0.25, 0.3) is 0 Å². The van der Waals surface area contributed by atoms with E-state index < -0.39 is 0 Å². The molecule has 0 bridgehead atoms. The second-order valence-electron chi connectivity index (χ2n) is 7.36. The van der Waals surface area contributed by atoms with Crippen LogP contribution in [0.15, 0.2) is 47.6 Å². The van der Waals surface area contributed by atoms with E-state index in [0.717, 1.165) is 11.1 Å². The van der Waals surface area contributed by atoms with Crippen molar-refractivity contribution < 1.29 is 9.47 Å². The highest BCUT2D eigenvalue weighted by molar-refractivity contribution is 7.80. The van der Waals surface area contributed by atoms with Crippen LogP contribution in [0.2, 0.25) is 0 Å². The lowest BCUT2D eigenvalue weighted by Gasteiger charge is -2.23. The molecule has 0 saturated heterocycles. The summed E-state index contributed by atoms with van der Waals surface area (Å²) in [5.41, 5.74) is 6.15. The molecular weight excluding hydrogens is 382 g/mol. The highest BCUT2D eigenvalue weighted by Crippen LogP contribution is 2.28. The zero-order chi connectivity index (χ0) is 20.5. The molecule has 5 nitrogen and oxygen atoms in total. The lowest BCUT2D eigenvalue weighted by molar-refractivity contribution is 0.284. The topological polar surface area (TPSA) is 54.9 Å². The fraction of sp³-hybridized carbons (Fsp3) is 0.391. The summed E-state index contributed by atoms with van der Waals surface area (Å²) in [5.74, 6) is 1.37. The number of nitrogens with one attached hydrogen (secondary N) is 2. The quantitative estimate of drug-likeness (QED) is 0.392. The molecule has 0 radical (unpaired) electrons. The Balaban J connectivity index is 1.52. The van der Waals surface area contributed by atoms with Gasteiger partial charge in [0.1, 0.15) is 6.61 Å². The van der Waals surface area contributed by atoms with Crippen LogP contribution in [0.3, 0.4) is 0 Å². The van der Waals surface area contributed by atoms with Gasteiger partial charge in [-0.05, 0) is 61.3 Å². The SMILES string of the molecule is COc1cc(/C=N\NC(=S)NC2CCCCC2)ccc1OCc1ccc(C)cc1. The molecular formula is C23H29N3O2S.